The minimum Gasteiger partial charge on any atom is -0.277 e. The molecule has 0 radical (unpaired) electrons. The molecule has 0 aromatic heterocycles. The SMILES string of the molecule is Cc1ccc(SCC(=O)NNS(=O)(=O)c2ccccc2Cl)cc1. The van der Waals surface area contributed by atoms with E-state index < -0.39 is 15.9 Å². The molecule has 0 saturated carbocycles. The molecule has 2 aromatic rings. The van der Waals surface area contributed by atoms with Crippen LogP contribution in [0.5, 0.6) is 0 Å². The Labute approximate surface area is 144 Å². The third kappa shape index (κ3) is 5.24. The van der Waals surface area contributed by atoms with Crippen LogP contribution in [-0.4, -0.2) is 20.1 Å². The first-order valence-corrected chi connectivity index (χ1v) is 9.48. The van der Waals surface area contributed by atoms with Crippen molar-refractivity contribution in [1.29, 1.82) is 0 Å². The fraction of sp³-hybridized carbons (Fsp3) is 0.133. The third-order valence-corrected chi connectivity index (χ3v) is 5.60. The van der Waals surface area contributed by atoms with Gasteiger partial charge in [-0.15, -0.1) is 16.6 Å². The number of carbonyl (C=O) groups is 1. The maximum absolute atomic E-state index is 12.1. The van der Waals surface area contributed by atoms with Crippen LogP contribution in [0.1, 0.15) is 5.56 Å². The van der Waals surface area contributed by atoms with E-state index in [2.05, 4.69) is 5.43 Å². The molecule has 0 aliphatic carbocycles. The number of carbonyl (C=O) groups excluding carboxylic acids is 1. The van der Waals surface area contributed by atoms with Gasteiger partial charge in [0.05, 0.1) is 10.8 Å². The van der Waals surface area contributed by atoms with E-state index in [9.17, 15) is 13.2 Å². The van der Waals surface area contributed by atoms with Crippen molar-refractivity contribution in [3.8, 4) is 0 Å². The van der Waals surface area contributed by atoms with Crippen LogP contribution in [0.2, 0.25) is 5.02 Å². The van der Waals surface area contributed by atoms with Crippen molar-refractivity contribution in [3.05, 3.63) is 59.1 Å². The van der Waals surface area contributed by atoms with Crippen molar-refractivity contribution in [2.24, 2.45) is 0 Å². The molecule has 0 bridgehead atoms. The number of hydrogen-bond donors (Lipinski definition) is 2. The summed E-state index contributed by atoms with van der Waals surface area (Å²) in [5, 5.41) is 0.0864. The molecule has 1 amide bonds. The summed E-state index contributed by atoms with van der Waals surface area (Å²) in [6.07, 6.45) is 0. The molecule has 0 aliphatic rings. The van der Waals surface area contributed by atoms with Crippen molar-refractivity contribution in [3.63, 3.8) is 0 Å². The minimum atomic E-state index is -3.90. The molecule has 122 valence electrons. The minimum absolute atomic E-state index is 0.0864. The maximum atomic E-state index is 12.1. The van der Waals surface area contributed by atoms with Crippen LogP contribution in [-0.2, 0) is 14.8 Å². The first-order valence-electron chi connectivity index (χ1n) is 6.63. The average molecular weight is 371 g/mol. The first kappa shape index (κ1) is 17.8. The van der Waals surface area contributed by atoms with Gasteiger partial charge >= 0.3 is 0 Å². The lowest BCUT2D eigenvalue weighted by Gasteiger charge is -2.09. The molecule has 0 spiro atoms. The standard InChI is InChI=1S/C15H15ClN2O3S2/c1-11-6-8-12(9-7-11)22-10-15(19)17-18-23(20,21)14-5-3-2-4-13(14)16/h2-9,18H,10H2,1H3,(H,17,19). The van der Waals surface area contributed by atoms with E-state index in [1.807, 2.05) is 36.0 Å². The highest BCUT2D eigenvalue weighted by molar-refractivity contribution is 8.00. The van der Waals surface area contributed by atoms with E-state index in [-0.39, 0.29) is 15.7 Å². The molecule has 0 atom stereocenters. The van der Waals surface area contributed by atoms with Crippen LogP contribution in [0.15, 0.2) is 58.3 Å². The fourth-order valence-electron chi connectivity index (χ4n) is 1.66. The Morgan fingerprint density at radius 2 is 1.78 bits per heavy atom. The molecule has 0 saturated heterocycles. The van der Waals surface area contributed by atoms with Crippen LogP contribution < -0.4 is 10.3 Å². The first-order chi connectivity index (χ1) is 10.9. The van der Waals surface area contributed by atoms with E-state index in [0.717, 1.165) is 10.5 Å². The van der Waals surface area contributed by atoms with Crippen LogP contribution in [0.4, 0.5) is 0 Å². The Morgan fingerprint density at radius 3 is 2.43 bits per heavy atom. The molecule has 0 unspecified atom stereocenters. The van der Waals surface area contributed by atoms with Crippen molar-refractivity contribution < 1.29 is 13.2 Å². The topological polar surface area (TPSA) is 75.3 Å². The summed E-state index contributed by atoms with van der Waals surface area (Å²) >= 11 is 7.16. The zero-order valence-electron chi connectivity index (χ0n) is 12.2. The second-order valence-corrected chi connectivity index (χ2v) is 7.79. The quantitative estimate of drug-likeness (QED) is 0.605. The number of hydrazine groups is 1. The van der Waals surface area contributed by atoms with Gasteiger partial charge < -0.3 is 0 Å². The number of thioether (sulfide) groups is 1. The van der Waals surface area contributed by atoms with Crippen molar-refractivity contribution in [1.82, 2.24) is 10.3 Å². The van der Waals surface area contributed by atoms with E-state index in [1.165, 1.54) is 23.9 Å². The largest absolute Gasteiger partial charge is 0.277 e. The fourth-order valence-corrected chi connectivity index (χ4v) is 3.74. The van der Waals surface area contributed by atoms with Gasteiger partial charge in [0.2, 0.25) is 5.91 Å². The van der Waals surface area contributed by atoms with Gasteiger partial charge in [0, 0.05) is 4.90 Å². The third-order valence-electron chi connectivity index (χ3n) is 2.84. The lowest BCUT2D eigenvalue weighted by atomic mass is 10.2. The van der Waals surface area contributed by atoms with Crippen LogP contribution in [0.25, 0.3) is 0 Å². The summed E-state index contributed by atoms with van der Waals surface area (Å²) in [5.41, 5.74) is 3.30. The second kappa shape index (κ2) is 7.83. The molecule has 2 N–H and O–H groups in total. The average Bonchev–Trinajstić information content (AvgIpc) is 2.53. The van der Waals surface area contributed by atoms with E-state index in [1.54, 1.807) is 12.1 Å². The predicted octanol–water partition coefficient (Wildman–Crippen LogP) is 2.75. The molecule has 5 nitrogen and oxygen atoms in total. The van der Waals surface area contributed by atoms with Crippen molar-refractivity contribution >= 4 is 39.3 Å². The van der Waals surface area contributed by atoms with Gasteiger partial charge in [-0.05, 0) is 31.2 Å². The van der Waals surface area contributed by atoms with Gasteiger partial charge in [-0.1, -0.05) is 41.4 Å². The number of aryl methyl sites for hydroxylation is 1. The number of amides is 1. The summed E-state index contributed by atoms with van der Waals surface area (Å²) in [5.74, 6) is -0.361. The lowest BCUT2D eigenvalue weighted by Crippen LogP contribution is -2.42. The van der Waals surface area contributed by atoms with Gasteiger partial charge in [-0.2, -0.15) is 0 Å². The Morgan fingerprint density at radius 1 is 1.13 bits per heavy atom. The van der Waals surface area contributed by atoms with Crippen molar-refractivity contribution in [2.75, 3.05) is 5.75 Å². The smallest absolute Gasteiger partial charge is 0.258 e. The number of hydrogen-bond acceptors (Lipinski definition) is 4. The molecule has 0 heterocycles. The van der Waals surface area contributed by atoms with Crippen LogP contribution in [0, 0.1) is 6.92 Å². The Kier molecular flexibility index (Phi) is 6.06. The monoisotopic (exact) mass is 370 g/mol. The summed E-state index contributed by atoms with van der Waals surface area (Å²) in [4.78, 5) is 14.6. The van der Waals surface area contributed by atoms with E-state index in [4.69, 9.17) is 11.6 Å². The number of benzene rings is 2. The second-order valence-electron chi connectivity index (χ2n) is 4.69. The Bertz CT molecular complexity index is 793. The predicted molar refractivity (Wildman–Crippen MR) is 91.8 cm³/mol. The highest BCUT2D eigenvalue weighted by Crippen LogP contribution is 2.20. The molecule has 0 fully saturated rings. The molecule has 2 rings (SSSR count). The van der Waals surface area contributed by atoms with Gasteiger partial charge in [-0.25, -0.2) is 8.42 Å². The molecule has 23 heavy (non-hydrogen) atoms. The van der Waals surface area contributed by atoms with E-state index in [0.29, 0.717) is 0 Å². The molecule has 2 aromatic carbocycles. The normalized spacial score (nSPS) is 11.2. The van der Waals surface area contributed by atoms with Gasteiger partial charge in [0.15, 0.2) is 0 Å². The maximum Gasteiger partial charge on any atom is 0.258 e. The van der Waals surface area contributed by atoms with E-state index >= 15 is 0 Å². The lowest BCUT2D eigenvalue weighted by molar-refractivity contribution is -0.119. The molecular formula is C15H15ClN2O3S2. The van der Waals surface area contributed by atoms with Crippen LogP contribution >= 0.6 is 23.4 Å². The van der Waals surface area contributed by atoms with Gasteiger partial charge in [0.25, 0.3) is 10.0 Å². The highest BCUT2D eigenvalue weighted by atomic mass is 35.5. The molecule has 0 aliphatic heterocycles. The van der Waals surface area contributed by atoms with Gasteiger partial charge in [-0.3, -0.25) is 10.2 Å². The van der Waals surface area contributed by atoms with Crippen molar-refractivity contribution in [2.45, 2.75) is 16.7 Å². The van der Waals surface area contributed by atoms with Gasteiger partial charge in [0.1, 0.15) is 4.90 Å². The number of halogens is 1. The summed E-state index contributed by atoms with van der Waals surface area (Å²) in [6, 6.07) is 13.7. The highest BCUT2D eigenvalue weighted by Gasteiger charge is 2.18. The number of rotatable bonds is 6. The summed E-state index contributed by atoms with van der Waals surface area (Å²) < 4.78 is 24.1. The number of nitrogens with one attached hydrogen (secondary N) is 2. The summed E-state index contributed by atoms with van der Waals surface area (Å²) in [6.45, 7) is 1.98. The Balaban J connectivity index is 1.89. The molecular weight excluding hydrogens is 356 g/mol. The zero-order chi connectivity index (χ0) is 16.9. The zero-order valence-corrected chi connectivity index (χ0v) is 14.6. The number of sulfonamides is 1. The Hall–Kier alpha value is -1.54. The van der Waals surface area contributed by atoms with Crippen LogP contribution in [0.3, 0.4) is 0 Å². The molecule has 8 heteroatoms. The summed E-state index contributed by atoms with van der Waals surface area (Å²) in [7, 11) is -3.90.